The van der Waals surface area contributed by atoms with E-state index in [2.05, 4.69) is 59.7 Å². The molecule has 2 aromatic rings. The minimum atomic E-state index is -0.547. The smallest absolute Gasteiger partial charge is 0.105 e. The van der Waals surface area contributed by atoms with Crippen LogP contribution >= 0.6 is 0 Å². The van der Waals surface area contributed by atoms with Gasteiger partial charge in [-0.3, -0.25) is 0 Å². The number of aliphatic hydroxyl groups excluding tert-OH is 1. The van der Waals surface area contributed by atoms with Crippen molar-refractivity contribution in [3.63, 3.8) is 0 Å². The summed E-state index contributed by atoms with van der Waals surface area (Å²) in [7, 11) is 0. The highest BCUT2D eigenvalue weighted by molar-refractivity contribution is 5.49. The molecule has 0 saturated heterocycles. The van der Waals surface area contributed by atoms with Crippen LogP contribution in [-0.2, 0) is 0 Å². The largest absolute Gasteiger partial charge is 0.384 e. The lowest BCUT2D eigenvalue weighted by Crippen LogP contribution is -2.09. The number of benzene rings is 2. The Hall–Kier alpha value is -1.60. The number of rotatable bonds is 2. The van der Waals surface area contributed by atoms with Crippen LogP contribution in [0.4, 0.5) is 0 Å². The van der Waals surface area contributed by atoms with Gasteiger partial charge in [-0.15, -0.1) is 0 Å². The molecule has 2 rings (SSSR count). The highest BCUT2D eigenvalue weighted by Gasteiger charge is 2.19. The van der Waals surface area contributed by atoms with Crippen molar-refractivity contribution in [2.45, 2.75) is 47.6 Å². The molecule has 1 nitrogen and oxygen atoms in total. The molecule has 1 heteroatoms. The Kier molecular flexibility index (Phi) is 4.01. The number of aryl methyl sites for hydroxylation is 4. The molecule has 0 radical (unpaired) electrons. The normalized spacial score (nSPS) is 12.6. The Morgan fingerprint density at radius 1 is 0.750 bits per heavy atom. The second kappa shape index (κ2) is 5.41. The van der Waals surface area contributed by atoms with Gasteiger partial charge in [0.05, 0.1) is 0 Å². The minimum absolute atomic E-state index is 0.547. The Balaban J connectivity index is 2.62. The van der Waals surface area contributed by atoms with Gasteiger partial charge in [0.2, 0.25) is 0 Å². The van der Waals surface area contributed by atoms with Crippen LogP contribution in [0.1, 0.15) is 50.6 Å². The minimum Gasteiger partial charge on any atom is -0.384 e. The van der Waals surface area contributed by atoms with E-state index in [0.717, 1.165) is 16.7 Å². The third-order valence-electron chi connectivity index (χ3n) is 4.42. The molecule has 0 bridgehead atoms. The second-order valence-electron chi connectivity index (χ2n) is 5.94. The molecule has 0 amide bonds. The van der Waals surface area contributed by atoms with E-state index in [-0.39, 0.29) is 0 Å². The molecule has 0 saturated carbocycles. The molecule has 0 aliphatic carbocycles. The Morgan fingerprint density at radius 3 is 1.80 bits per heavy atom. The molecule has 106 valence electrons. The number of aliphatic hydroxyl groups is 1. The van der Waals surface area contributed by atoms with Gasteiger partial charge < -0.3 is 5.11 Å². The molecule has 0 aliphatic heterocycles. The highest BCUT2D eigenvalue weighted by atomic mass is 16.3. The number of hydrogen-bond donors (Lipinski definition) is 1. The summed E-state index contributed by atoms with van der Waals surface area (Å²) in [6.07, 6.45) is -0.547. The first-order valence-corrected chi connectivity index (χ1v) is 7.15. The van der Waals surface area contributed by atoms with Crippen LogP contribution in [0, 0.1) is 41.5 Å². The van der Waals surface area contributed by atoms with Crippen LogP contribution < -0.4 is 0 Å². The van der Waals surface area contributed by atoms with Crippen molar-refractivity contribution in [2.75, 3.05) is 0 Å². The molecule has 1 unspecified atom stereocenters. The topological polar surface area (TPSA) is 20.2 Å². The zero-order valence-electron chi connectivity index (χ0n) is 13.3. The molecule has 1 atom stereocenters. The summed E-state index contributed by atoms with van der Waals surface area (Å²) < 4.78 is 0. The van der Waals surface area contributed by atoms with Crippen LogP contribution in [-0.4, -0.2) is 5.11 Å². The van der Waals surface area contributed by atoms with Gasteiger partial charge in [-0.05, 0) is 80.5 Å². The first-order valence-electron chi connectivity index (χ1n) is 7.15. The summed E-state index contributed by atoms with van der Waals surface area (Å²) in [6, 6.07) is 8.44. The predicted molar refractivity (Wildman–Crippen MR) is 85.4 cm³/mol. The van der Waals surface area contributed by atoms with Gasteiger partial charge in [0.1, 0.15) is 6.10 Å². The molecule has 2 aromatic carbocycles. The van der Waals surface area contributed by atoms with Crippen molar-refractivity contribution in [3.05, 3.63) is 68.8 Å². The Morgan fingerprint density at radius 2 is 1.30 bits per heavy atom. The van der Waals surface area contributed by atoms with Gasteiger partial charge in [0.15, 0.2) is 0 Å². The van der Waals surface area contributed by atoms with Crippen LogP contribution in [0.3, 0.4) is 0 Å². The van der Waals surface area contributed by atoms with Crippen molar-refractivity contribution in [1.82, 2.24) is 0 Å². The Labute approximate surface area is 122 Å². The molecule has 0 spiro atoms. The van der Waals surface area contributed by atoms with Crippen LogP contribution in [0.25, 0.3) is 0 Å². The van der Waals surface area contributed by atoms with Gasteiger partial charge in [0, 0.05) is 0 Å². The van der Waals surface area contributed by atoms with Crippen LogP contribution in [0.15, 0.2) is 24.3 Å². The summed E-state index contributed by atoms with van der Waals surface area (Å²) in [6.45, 7) is 12.6. The lowest BCUT2D eigenvalue weighted by molar-refractivity contribution is 0.218. The van der Waals surface area contributed by atoms with Gasteiger partial charge in [-0.25, -0.2) is 0 Å². The maximum Gasteiger partial charge on any atom is 0.105 e. The molecule has 0 aromatic heterocycles. The van der Waals surface area contributed by atoms with E-state index in [4.69, 9.17) is 0 Å². The fourth-order valence-electron chi connectivity index (χ4n) is 2.95. The molecule has 0 fully saturated rings. The van der Waals surface area contributed by atoms with Gasteiger partial charge in [0.25, 0.3) is 0 Å². The fourth-order valence-corrected chi connectivity index (χ4v) is 2.95. The Bertz CT molecular complexity index is 627. The monoisotopic (exact) mass is 268 g/mol. The van der Waals surface area contributed by atoms with Crippen molar-refractivity contribution >= 4 is 0 Å². The lowest BCUT2D eigenvalue weighted by atomic mass is 9.87. The predicted octanol–water partition coefficient (Wildman–Crippen LogP) is 4.62. The molecule has 0 heterocycles. The van der Waals surface area contributed by atoms with Crippen molar-refractivity contribution < 1.29 is 5.11 Å². The molecular weight excluding hydrogens is 244 g/mol. The molecular formula is C19H24O. The summed E-state index contributed by atoms with van der Waals surface area (Å²) in [5.41, 5.74) is 9.32. The van der Waals surface area contributed by atoms with Crippen LogP contribution in [0.2, 0.25) is 0 Å². The first-order chi connectivity index (χ1) is 9.32. The average molecular weight is 268 g/mol. The summed E-state index contributed by atoms with van der Waals surface area (Å²) in [4.78, 5) is 0. The van der Waals surface area contributed by atoms with E-state index in [1.165, 1.54) is 27.8 Å². The zero-order chi connectivity index (χ0) is 15.0. The van der Waals surface area contributed by atoms with Gasteiger partial charge >= 0.3 is 0 Å². The van der Waals surface area contributed by atoms with E-state index < -0.39 is 6.10 Å². The summed E-state index contributed by atoms with van der Waals surface area (Å²) in [5, 5.41) is 10.9. The third kappa shape index (κ3) is 2.51. The van der Waals surface area contributed by atoms with E-state index in [1.807, 2.05) is 6.07 Å². The zero-order valence-corrected chi connectivity index (χ0v) is 13.3. The maximum absolute atomic E-state index is 10.9. The summed E-state index contributed by atoms with van der Waals surface area (Å²) in [5.74, 6) is 0. The van der Waals surface area contributed by atoms with E-state index >= 15 is 0 Å². The maximum atomic E-state index is 10.9. The number of hydrogen-bond acceptors (Lipinski definition) is 1. The molecule has 1 N–H and O–H groups in total. The SMILES string of the molecule is Cc1ccc(C(O)c2c(C)c(C)cc(C)c2C)c(C)c1. The molecule has 0 aliphatic rings. The first kappa shape index (κ1) is 14.8. The summed E-state index contributed by atoms with van der Waals surface area (Å²) >= 11 is 0. The quantitative estimate of drug-likeness (QED) is 0.842. The van der Waals surface area contributed by atoms with Crippen molar-refractivity contribution in [1.29, 1.82) is 0 Å². The van der Waals surface area contributed by atoms with E-state index in [0.29, 0.717) is 0 Å². The van der Waals surface area contributed by atoms with Gasteiger partial charge in [-0.1, -0.05) is 29.8 Å². The van der Waals surface area contributed by atoms with Crippen LogP contribution in [0.5, 0.6) is 0 Å². The van der Waals surface area contributed by atoms with Crippen molar-refractivity contribution in [3.8, 4) is 0 Å². The second-order valence-corrected chi connectivity index (χ2v) is 5.94. The average Bonchev–Trinajstić information content (AvgIpc) is 2.36. The third-order valence-corrected chi connectivity index (χ3v) is 4.42. The van der Waals surface area contributed by atoms with E-state index in [1.54, 1.807) is 0 Å². The lowest BCUT2D eigenvalue weighted by Gasteiger charge is -2.22. The van der Waals surface area contributed by atoms with E-state index in [9.17, 15) is 5.11 Å². The van der Waals surface area contributed by atoms with Gasteiger partial charge in [-0.2, -0.15) is 0 Å². The standard InChI is InChI=1S/C19H24O/c1-11-7-8-17(14(4)9-11)19(20)18-15(5)12(2)10-13(3)16(18)6/h7-10,19-20H,1-6H3. The fraction of sp³-hybridized carbons (Fsp3) is 0.368. The molecule has 20 heavy (non-hydrogen) atoms. The van der Waals surface area contributed by atoms with Crippen molar-refractivity contribution in [2.24, 2.45) is 0 Å². The highest BCUT2D eigenvalue weighted by Crippen LogP contribution is 2.32.